The quantitative estimate of drug-likeness (QED) is 0.0525. The fraction of sp³-hybridized carbons (Fsp3) is 0.488. The normalized spacial score (nSPS) is 13.7. The molecular weight excluding hydrogens is 787 g/mol. The zero-order chi connectivity index (χ0) is 44.2. The monoisotopic (exact) mass is 842 g/mol. The Hall–Kier alpha value is -5.38. The summed E-state index contributed by atoms with van der Waals surface area (Å²) in [6.07, 6.45) is -1.37. The molecule has 0 unspecified atom stereocenters. The van der Waals surface area contributed by atoms with E-state index in [4.69, 9.17) is 9.52 Å². The molecule has 322 valence electrons. The molecule has 3 rings (SSSR count). The molecule has 0 bridgehead atoms. The van der Waals surface area contributed by atoms with Crippen LogP contribution in [0.5, 0.6) is 5.75 Å². The Morgan fingerprint density at radius 3 is 1.93 bits per heavy atom. The van der Waals surface area contributed by atoms with Gasteiger partial charge in [0.25, 0.3) is 0 Å². The molecule has 17 nitrogen and oxygen atoms in total. The van der Waals surface area contributed by atoms with Crippen LogP contribution in [0.2, 0.25) is 0 Å². The Morgan fingerprint density at radius 1 is 0.746 bits per heavy atom. The summed E-state index contributed by atoms with van der Waals surface area (Å²) in [5.74, 6) is -5.69. The number of benzene rings is 2. The van der Waals surface area contributed by atoms with E-state index in [0.29, 0.717) is 5.56 Å². The Kier molecular flexibility index (Phi) is 17.5. The number of carbonyl (C=O) groups is 6. The van der Waals surface area contributed by atoms with Crippen LogP contribution in [0.1, 0.15) is 84.8 Å². The number of hydrogen-bond acceptors (Lipinski definition) is 10. The smallest absolute Gasteiger partial charge is 0.336 e. The van der Waals surface area contributed by atoms with Gasteiger partial charge in [-0.15, -0.1) is 0 Å². The lowest BCUT2D eigenvalue weighted by Crippen LogP contribution is -2.53. The minimum absolute atomic E-state index is 0.0212. The van der Waals surface area contributed by atoms with E-state index in [1.165, 1.54) is 30.3 Å². The molecule has 0 fully saturated rings. The highest BCUT2D eigenvalue weighted by molar-refractivity contribution is 7.50. The second-order valence-electron chi connectivity index (χ2n) is 15.9. The van der Waals surface area contributed by atoms with Crippen molar-refractivity contribution in [2.75, 3.05) is 5.32 Å². The number of phenolic OH excluding ortho intramolecular Hbond substituents is 1. The van der Waals surface area contributed by atoms with Crippen molar-refractivity contribution in [3.8, 4) is 5.75 Å². The van der Waals surface area contributed by atoms with Gasteiger partial charge in [0.1, 0.15) is 23.4 Å². The number of fused-ring (bicyclic) bond motifs is 1. The molecule has 4 atom stereocenters. The predicted molar refractivity (Wildman–Crippen MR) is 218 cm³/mol. The highest BCUT2D eigenvalue weighted by Crippen LogP contribution is 2.40. The van der Waals surface area contributed by atoms with Gasteiger partial charge >= 0.3 is 19.2 Å². The fourth-order valence-electron chi connectivity index (χ4n) is 6.44. The minimum atomic E-state index is -4.55. The zero-order valence-corrected chi connectivity index (χ0v) is 34.9. The molecule has 0 aliphatic rings. The van der Waals surface area contributed by atoms with Gasteiger partial charge in [-0.05, 0) is 66.0 Å². The molecule has 0 saturated heterocycles. The molecule has 0 spiro atoms. The van der Waals surface area contributed by atoms with Crippen molar-refractivity contribution in [1.82, 2.24) is 16.0 Å². The predicted octanol–water partition coefficient (Wildman–Crippen LogP) is 4.00. The molecule has 59 heavy (non-hydrogen) atoms. The average Bonchev–Trinajstić information content (AvgIpc) is 3.11. The Labute approximate surface area is 341 Å². The van der Waals surface area contributed by atoms with Crippen LogP contribution in [0.25, 0.3) is 11.0 Å². The molecule has 0 saturated carbocycles. The first-order valence-electron chi connectivity index (χ1n) is 19.4. The van der Waals surface area contributed by atoms with E-state index in [2.05, 4.69) is 21.3 Å². The van der Waals surface area contributed by atoms with Crippen molar-refractivity contribution >= 4 is 59.6 Å². The van der Waals surface area contributed by atoms with E-state index in [1.54, 1.807) is 26.0 Å². The lowest BCUT2D eigenvalue weighted by Gasteiger charge is -2.28. The third-order valence-electron chi connectivity index (χ3n) is 9.38. The lowest BCUT2D eigenvalue weighted by atomic mass is 9.86. The number of phenols is 1. The summed E-state index contributed by atoms with van der Waals surface area (Å²) in [5.41, 5.74) is -0.144. The minimum Gasteiger partial charge on any atom is -0.508 e. The summed E-state index contributed by atoms with van der Waals surface area (Å²) in [5, 5.41) is 29.8. The topological polar surface area (TPSA) is 279 Å². The SMILES string of the molecule is CC(C)C[C@H](NC(=O)[C@H](CC(C)C)NC(=O)CCC(=O)O)C(=O)C[C@H](C(=O)N[C@@H](Cc1ccc(O)cc1)C(=O)Nc1ccc2c(CP(=O)(O)O)cc(=O)oc2c1)C(C)C. The van der Waals surface area contributed by atoms with E-state index in [1.807, 2.05) is 27.7 Å². The summed E-state index contributed by atoms with van der Waals surface area (Å²) >= 11 is 0. The van der Waals surface area contributed by atoms with Gasteiger partial charge in [-0.1, -0.05) is 53.7 Å². The van der Waals surface area contributed by atoms with Crippen LogP contribution >= 0.6 is 7.60 Å². The number of Topliss-reactive ketones (excluding diaryl/α,β-unsaturated/α-hetero) is 1. The Balaban J connectivity index is 1.87. The summed E-state index contributed by atoms with van der Waals surface area (Å²) in [7, 11) is -4.55. The number of aromatic hydroxyl groups is 1. The van der Waals surface area contributed by atoms with Crippen LogP contribution in [-0.2, 0) is 45.9 Å². The standard InChI is InChI=1S/C41H55N4O13P/c1-22(2)15-31(44-41(54)32(16-23(3)4)43-36(48)13-14-37(49)50)34(47)20-30(24(5)6)39(52)45-33(17-25-7-10-28(46)11-8-25)40(53)42-27-9-12-29-26(21-59(55,56)57)18-38(51)58-35(29)19-27/h7-12,18-19,22-24,30-33,46H,13-17,20-21H2,1-6H3,(H,42,53)(H,43,48)(H,44,54)(H,45,52)(H,49,50)(H2,55,56,57)/t30-,31-,32-,33-/m0/s1. The molecule has 3 aromatic rings. The van der Waals surface area contributed by atoms with Crippen LogP contribution in [0.15, 0.2) is 57.7 Å². The molecule has 0 radical (unpaired) electrons. The fourth-order valence-corrected chi connectivity index (χ4v) is 7.15. The number of anilines is 1. The van der Waals surface area contributed by atoms with Crippen LogP contribution in [0, 0.1) is 23.7 Å². The zero-order valence-electron chi connectivity index (χ0n) is 34.0. The number of carbonyl (C=O) groups excluding carboxylic acids is 5. The molecular formula is C41H55N4O13P. The van der Waals surface area contributed by atoms with Gasteiger partial charge in [0.15, 0.2) is 5.78 Å². The molecule has 1 heterocycles. The third-order valence-corrected chi connectivity index (χ3v) is 10.1. The largest absolute Gasteiger partial charge is 0.508 e. The van der Waals surface area contributed by atoms with Crippen molar-refractivity contribution in [3.63, 3.8) is 0 Å². The van der Waals surface area contributed by atoms with Gasteiger partial charge in [0, 0.05) is 48.4 Å². The van der Waals surface area contributed by atoms with Gasteiger partial charge in [0.2, 0.25) is 23.6 Å². The number of aliphatic carboxylic acids is 1. The summed E-state index contributed by atoms with van der Waals surface area (Å²) in [4.78, 5) is 110. The van der Waals surface area contributed by atoms with E-state index in [9.17, 15) is 53.0 Å². The Bertz CT molecular complexity index is 2090. The van der Waals surface area contributed by atoms with Crippen LogP contribution in [0.3, 0.4) is 0 Å². The lowest BCUT2D eigenvalue weighted by molar-refractivity contribution is -0.139. The number of hydrogen-bond donors (Lipinski definition) is 8. The van der Waals surface area contributed by atoms with Gasteiger partial charge in [0.05, 0.1) is 18.6 Å². The summed E-state index contributed by atoms with van der Waals surface area (Å²) in [6, 6.07) is 7.81. The average molecular weight is 843 g/mol. The van der Waals surface area contributed by atoms with E-state index in [0.717, 1.165) is 6.07 Å². The molecule has 0 aliphatic carbocycles. The van der Waals surface area contributed by atoms with Crippen molar-refractivity contribution in [2.24, 2.45) is 23.7 Å². The first-order valence-corrected chi connectivity index (χ1v) is 21.2. The van der Waals surface area contributed by atoms with Gasteiger partial charge in [-0.25, -0.2) is 4.79 Å². The summed E-state index contributed by atoms with van der Waals surface area (Å²) < 4.78 is 16.9. The highest BCUT2D eigenvalue weighted by atomic mass is 31.2. The second kappa shape index (κ2) is 21.6. The molecule has 8 N–H and O–H groups in total. The number of amides is 4. The van der Waals surface area contributed by atoms with Crippen LogP contribution < -0.4 is 26.9 Å². The molecule has 18 heteroatoms. The third kappa shape index (κ3) is 16.1. The molecule has 1 aromatic heterocycles. The van der Waals surface area contributed by atoms with Gasteiger partial charge < -0.3 is 45.7 Å². The van der Waals surface area contributed by atoms with Crippen LogP contribution in [0.4, 0.5) is 5.69 Å². The maximum absolute atomic E-state index is 14.0. The molecule has 0 aliphatic heterocycles. The number of carboxylic acid groups (broad SMARTS) is 1. The molecule has 2 aromatic carbocycles. The summed E-state index contributed by atoms with van der Waals surface area (Å²) in [6.45, 7) is 10.9. The van der Waals surface area contributed by atoms with Gasteiger partial charge in [-0.3, -0.25) is 33.3 Å². The first kappa shape index (κ1) is 48.0. The van der Waals surface area contributed by atoms with E-state index >= 15 is 0 Å². The van der Waals surface area contributed by atoms with Gasteiger partial charge in [-0.2, -0.15) is 0 Å². The van der Waals surface area contributed by atoms with Crippen molar-refractivity contribution in [3.05, 3.63) is 70.1 Å². The number of carboxylic acids is 1. The maximum atomic E-state index is 14.0. The first-order chi connectivity index (χ1) is 27.5. The van der Waals surface area contributed by atoms with Crippen molar-refractivity contribution < 1.29 is 57.7 Å². The van der Waals surface area contributed by atoms with Crippen molar-refractivity contribution in [1.29, 1.82) is 0 Å². The maximum Gasteiger partial charge on any atom is 0.336 e. The van der Waals surface area contributed by atoms with Crippen LogP contribution in [-0.4, -0.2) is 73.5 Å². The number of rotatable bonds is 22. The van der Waals surface area contributed by atoms with Crippen molar-refractivity contribution in [2.45, 2.75) is 104 Å². The highest BCUT2D eigenvalue weighted by Gasteiger charge is 2.34. The number of ketones is 1. The second-order valence-corrected chi connectivity index (χ2v) is 17.5. The molecule has 4 amide bonds. The van der Waals surface area contributed by atoms with E-state index < -0.39 is 91.1 Å². The number of nitrogens with one attached hydrogen (secondary N) is 4. The Morgan fingerprint density at radius 2 is 1.36 bits per heavy atom. The van der Waals surface area contributed by atoms with E-state index in [-0.39, 0.29) is 71.9 Å².